The number of aryl methyl sites for hydroxylation is 1. The quantitative estimate of drug-likeness (QED) is 0.880. The summed E-state index contributed by atoms with van der Waals surface area (Å²) < 4.78 is 25.7. The van der Waals surface area contributed by atoms with Gasteiger partial charge in [-0.3, -0.25) is 4.79 Å². The predicted octanol–water partition coefficient (Wildman–Crippen LogP) is 1.67. The molecule has 2 N–H and O–H groups in total. The van der Waals surface area contributed by atoms with Gasteiger partial charge in [0.15, 0.2) is 0 Å². The molecule has 0 aliphatic rings. The highest BCUT2D eigenvalue weighted by Gasteiger charge is 2.10. The minimum absolute atomic E-state index is 0.0154. The first kappa shape index (κ1) is 14.7. The third-order valence-corrected chi connectivity index (χ3v) is 4.65. The van der Waals surface area contributed by atoms with E-state index in [9.17, 15) is 13.2 Å². The van der Waals surface area contributed by atoms with Crippen molar-refractivity contribution in [3.8, 4) is 0 Å². The number of pyridine rings is 1. The minimum atomic E-state index is -3.31. The summed E-state index contributed by atoms with van der Waals surface area (Å²) in [6, 6.07) is 7.45. The lowest BCUT2D eigenvalue weighted by Gasteiger charge is -2.07. The molecule has 1 aromatic carbocycles. The molecule has 0 aliphatic carbocycles. The Hall–Kier alpha value is -1.66. The SMILES string of the molecule is CCCS(=O)(=O)NCc1cc2cccc(C)c2[nH]c1=O. The third-order valence-electron chi connectivity index (χ3n) is 3.12. The van der Waals surface area contributed by atoms with Crippen LogP contribution >= 0.6 is 0 Å². The fourth-order valence-electron chi connectivity index (χ4n) is 2.09. The van der Waals surface area contributed by atoms with Crippen LogP contribution in [0.2, 0.25) is 0 Å². The number of benzene rings is 1. The van der Waals surface area contributed by atoms with Crippen molar-refractivity contribution in [3.63, 3.8) is 0 Å². The second-order valence-electron chi connectivity index (χ2n) is 4.80. The molecule has 2 rings (SSSR count). The van der Waals surface area contributed by atoms with Crippen LogP contribution in [0.15, 0.2) is 29.1 Å². The van der Waals surface area contributed by atoms with Gasteiger partial charge in [0, 0.05) is 12.1 Å². The number of fused-ring (bicyclic) bond motifs is 1. The highest BCUT2D eigenvalue weighted by Crippen LogP contribution is 2.14. The maximum Gasteiger partial charge on any atom is 0.252 e. The van der Waals surface area contributed by atoms with E-state index in [0.717, 1.165) is 16.5 Å². The van der Waals surface area contributed by atoms with E-state index >= 15 is 0 Å². The Kier molecular flexibility index (Phi) is 4.25. The molecule has 0 unspecified atom stereocenters. The van der Waals surface area contributed by atoms with Gasteiger partial charge in [0.05, 0.1) is 11.3 Å². The van der Waals surface area contributed by atoms with Crippen LogP contribution in [0.25, 0.3) is 10.9 Å². The van der Waals surface area contributed by atoms with Gasteiger partial charge in [0.25, 0.3) is 5.56 Å². The van der Waals surface area contributed by atoms with Crippen LogP contribution in [0.5, 0.6) is 0 Å². The van der Waals surface area contributed by atoms with Gasteiger partial charge in [-0.15, -0.1) is 0 Å². The van der Waals surface area contributed by atoms with E-state index in [1.807, 2.05) is 25.1 Å². The lowest BCUT2D eigenvalue weighted by atomic mass is 10.1. The van der Waals surface area contributed by atoms with Gasteiger partial charge in [0.2, 0.25) is 10.0 Å². The second-order valence-corrected chi connectivity index (χ2v) is 6.73. The van der Waals surface area contributed by atoms with Crippen molar-refractivity contribution in [2.75, 3.05) is 5.75 Å². The van der Waals surface area contributed by atoms with Crippen molar-refractivity contribution in [2.45, 2.75) is 26.8 Å². The predicted molar refractivity (Wildman–Crippen MR) is 80.2 cm³/mol. The highest BCUT2D eigenvalue weighted by atomic mass is 32.2. The zero-order chi connectivity index (χ0) is 14.8. The Morgan fingerprint density at radius 1 is 1.30 bits per heavy atom. The van der Waals surface area contributed by atoms with Gasteiger partial charge < -0.3 is 4.98 Å². The lowest BCUT2D eigenvalue weighted by molar-refractivity contribution is 0.579. The monoisotopic (exact) mass is 294 g/mol. The van der Waals surface area contributed by atoms with Gasteiger partial charge in [-0.05, 0) is 30.4 Å². The topological polar surface area (TPSA) is 79.0 Å². The molecule has 0 amide bonds. The summed E-state index contributed by atoms with van der Waals surface area (Å²) >= 11 is 0. The summed E-state index contributed by atoms with van der Waals surface area (Å²) in [7, 11) is -3.31. The molecule has 0 spiro atoms. The largest absolute Gasteiger partial charge is 0.321 e. The Morgan fingerprint density at radius 3 is 2.75 bits per heavy atom. The lowest BCUT2D eigenvalue weighted by Crippen LogP contribution is -2.28. The molecule has 108 valence electrons. The number of aromatic nitrogens is 1. The van der Waals surface area contributed by atoms with E-state index in [-0.39, 0.29) is 17.9 Å². The normalized spacial score (nSPS) is 11.9. The molecule has 6 heteroatoms. The van der Waals surface area contributed by atoms with E-state index in [1.54, 1.807) is 13.0 Å². The highest BCUT2D eigenvalue weighted by molar-refractivity contribution is 7.89. The Balaban J connectivity index is 2.32. The van der Waals surface area contributed by atoms with Gasteiger partial charge in [-0.25, -0.2) is 13.1 Å². The molecule has 0 saturated heterocycles. The Bertz CT molecular complexity index is 779. The molecule has 2 aromatic rings. The molecular formula is C14H18N2O3S. The molecule has 0 bridgehead atoms. The van der Waals surface area contributed by atoms with Crippen LogP contribution in [0.1, 0.15) is 24.5 Å². The van der Waals surface area contributed by atoms with Crippen LogP contribution in [0.4, 0.5) is 0 Å². The molecule has 0 aliphatic heterocycles. The smallest absolute Gasteiger partial charge is 0.252 e. The number of nitrogens with one attached hydrogen (secondary N) is 2. The average molecular weight is 294 g/mol. The number of rotatable bonds is 5. The standard InChI is InChI=1S/C14H18N2O3S/c1-3-7-20(18,19)15-9-12-8-11-6-4-5-10(2)13(11)16-14(12)17/h4-6,8,15H,3,7,9H2,1-2H3,(H,16,17). The summed E-state index contributed by atoms with van der Waals surface area (Å²) in [6.07, 6.45) is 0.544. The van der Waals surface area contributed by atoms with Crippen molar-refractivity contribution >= 4 is 20.9 Å². The summed E-state index contributed by atoms with van der Waals surface area (Å²) in [6.45, 7) is 3.73. The van der Waals surface area contributed by atoms with E-state index in [0.29, 0.717) is 12.0 Å². The maximum atomic E-state index is 12.0. The first-order valence-electron chi connectivity index (χ1n) is 6.52. The molecular weight excluding hydrogens is 276 g/mol. The second kappa shape index (κ2) is 5.76. The first-order valence-corrected chi connectivity index (χ1v) is 8.17. The fraction of sp³-hybridized carbons (Fsp3) is 0.357. The van der Waals surface area contributed by atoms with Crippen LogP contribution in [0.3, 0.4) is 0 Å². The van der Waals surface area contributed by atoms with Gasteiger partial charge in [-0.2, -0.15) is 0 Å². The molecule has 5 nitrogen and oxygen atoms in total. The minimum Gasteiger partial charge on any atom is -0.321 e. The molecule has 1 aromatic heterocycles. The summed E-state index contributed by atoms with van der Waals surface area (Å²) in [4.78, 5) is 14.8. The zero-order valence-electron chi connectivity index (χ0n) is 11.6. The number of aromatic amines is 1. The van der Waals surface area contributed by atoms with Crippen LogP contribution in [0, 0.1) is 6.92 Å². The molecule has 0 radical (unpaired) electrons. The molecule has 0 atom stereocenters. The Labute approximate surface area is 118 Å². The number of para-hydroxylation sites is 1. The maximum absolute atomic E-state index is 12.0. The number of H-pyrrole nitrogens is 1. The van der Waals surface area contributed by atoms with Gasteiger partial charge >= 0.3 is 0 Å². The molecule has 1 heterocycles. The summed E-state index contributed by atoms with van der Waals surface area (Å²) in [5.74, 6) is 0.0671. The van der Waals surface area contributed by atoms with E-state index in [2.05, 4.69) is 9.71 Å². The van der Waals surface area contributed by atoms with Gasteiger partial charge in [0.1, 0.15) is 0 Å². The van der Waals surface area contributed by atoms with E-state index in [4.69, 9.17) is 0 Å². The van der Waals surface area contributed by atoms with Crippen molar-refractivity contribution in [3.05, 3.63) is 45.7 Å². The first-order chi connectivity index (χ1) is 9.43. The van der Waals surface area contributed by atoms with Crippen molar-refractivity contribution in [1.29, 1.82) is 0 Å². The van der Waals surface area contributed by atoms with E-state index < -0.39 is 10.0 Å². The third kappa shape index (κ3) is 3.26. The van der Waals surface area contributed by atoms with Crippen LogP contribution in [-0.4, -0.2) is 19.2 Å². The van der Waals surface area contributed by atoms with E-state index in [1.165, 1.54) is 0 Å². The fourth-order valence-corrected chi connectivity index (χ4v) is 3.15. The zero-order valence-corrected chi connectivity index (χ0v) is 12.4. The van der Waals surface area contributed by atoms with Crippen LogP contribution < -0.4 is 10.3 Å². The summed E-state index contributed by atoms with van der Waals surface area (Å²) in [5.41, 5.74) is 1.93. The number of sulfonamides is 1. The molecule has 0 saturated carbocycles. The number of hydrogen-bond donors (Lipinski definition) is 2. The molecule has 20 heavy (non-hydrogen) atoms. The van der Waals surface area contributed by atoms with Crippen molar-refractivity contribution in [1.82, 2.24) is 9.71 Å². The number of hydrogen-bond acceptors (Lipinski definition) is 3. The summed E-state index contributed by atoms with van der Waals surface area (Å²) in [5, 5.41) is 0.897. The van der Waals surface area contributed by atoms with Crippen molar-refractivity contribution < 1.29 is 8.42 Å². The van der Waals surface area contributed by atoms with Gasteiger partial charge in [-0.1, -0.05) is 25.1 Å². The van der Waals surface area contributed by atoms with Crippen LogP contribution in [-0.2, 0) is 16.6 Å². The average Bonchev–Trinajstić information content (AvgIpc) is 2.38. The Morgan fingerprint density at radius 2 is 2.05 bits per heavy atom. The van der Waals surface area contributed by atoms with Crippen molar-refractivity contribution in [2.24, 2.45) is 0 Å². The molecule has 0 fully saturated rings.